The number of amides is 1. The zero-order chi connectivity index (χ0) is 22.2. The van der Waals surface area contributed by atoms with Crippen LogP contribution in [0.4, 0.5) is 0 Å². The number of nitrogens with zero attached hydrogens (tertiary/aromatic N) is 1. The van der Waals surface area contributed by atoms with Crippen molar-refractivity contribution in [2.24, 2.45) is 0 Å². The van der Waals surface area contributed by atoms with E-state index >= 15 is 0 Å². The smallest absolute Gasteiger partial charge is 0.227 e. The molecule has 0 N–H and O–H groups in total. The molecule has 0 saturated heterocycles. The van der Waals surface area contributed by atoms with E-state index in [1.807, 2.05) is 94.5 Å². The van der Waals surface area contributed by atoms with E-state index in [1.54, 1.807) is 4.90 Å². The molecule has 0 atom stereocenters. The van der Waals surface area contributed by atoms with Gasteiger partial charge >= 0.3 is 0 Å². The summed E-state index contributed by atoms with van der Waals surface area (Å²) in [6, 6.07) is 23.9. The van der Waals surface area contributed by atoms with Crippen LogP contribution in [0.5, 0.6) is 11.5 Å². The SMILES string of the molecule is Cc1cc(OCc2cccc(CN(C)C(=O)Cc3ccccc3)c2)cc(OC(C)C)c1. The van der Waals surface area contributed by atoms with E-state index in [4.69, 9.17) is 9.47 Å². The van der Waals surface area contributed by atoms with Crippen LogP contribution in [0.25, 0.3) is 0 Å². The van der Waals surface area contributed by atoms with E-state index < -0.39 is 0 Å². The fraction of sp³-hybridized carbons (Fsp3) is 0.296. The largest absolute Gasteiger partial charge is 0.491 e. The number of hydrogen-bond acceptors (Lipinski definition) is 3. The minimum absolute atomic E-state index is 0.102. The van der Waals surface area contributed by atoms with E-state index in [9.17, 15) is 4.79 Å². The van der Waals surface area contributed by atoms with Gasteiger partial charge in [0.05, 0.1) is 12.5 Å². The Morgan fingerprint density at radius 3 is 2.29 bits per heavy atom. The molecule has 0 heterocycles. The molecule has 0 aliphatic carbocycles. The van der Waals surface area contributed by atoms with Crippen LogP contribution in [-0.2, 0) is 24.4 Å². The van der Waals surface area contributed by atoms with Crippen molar-refractivity contribution < 1.29 is 14.3 Å². The molecule has 0 spiro atoms. The van der Waals surface area contributed by atoms with Crippen molar-refractivity contribution in [3.63, 3.8) is 0 Å². The number of carbonyl (C=O) groups is 1. The number of aryl methyl sites for hydroxylation is 1. The lowest BCUT2D eigenvalue weighted by Crippen LogP contribution is -2.27. The fourth-order valence-electron chi connectivity index (χ4n) is 3.39. The van der Waals surface area contributed by atoms with Crippen LogP contribution in [0.15, 0.2) is 72.8 Å². The second kappa shape index (κ2) is 10.7. The maximum Gasteiger partial charge on any atom is 0.227 e. The third-order valence-electron chi connectivity index (χ3n) is 4.84. The van der Waals surface area contributed by atoms with Crippen LogP contribution in [-0.4, -0.2) is 24.0 Å². The number of benzene rings is 3. The van der Waals surface area contributed by atoms with Gasteiger partial charge in [-0.2, -0.15) is 0 Å². The molecule has 0 aromatic heterocycles. The highest BCUT2D eigenvalue weighted by Gasteiger charge is 2.11. The second-order valence-corrected chi connectivity index (χ2v) is 8.17. The van der Waals surface area contributed by atoms with Crippen molar-refractivity contribution in [3.05, 3.63) is 95.1 Å². The molecule has 0 radical (unpaired) electrons. The molecule has 3 aromatic rings. The monoisotopic (exact) mass is 417 g/mol. The summed E-state index contributed by atoms with van der Waals surface area (Å²) in [5.74, 6) is 1.71. The Morgan fingerprint density at radius 1 is 0.871 bits per heavy atom. The van der Waals surface area contributed by atoms with Crippen molar-refractivity contribution in [2.75, 3.05) is 7.05 Å². The average molecular weight is 418 g/mol. The van der Waals surface area contributed by atoms with Crippen LogP contribution >= 0.6 is 0 Å². The van der Waals surface area contributed by atoms with Gasteiger partial charge in [-0.15, -0.1) is 0 Å². The summed E-state index contributed by atoms with van der Waals surface area (Å²) in [5, 5.41) is 0. The number of ether oxygens (including phenoxy) is 2. The lowest BCUT2D eigenvalue weighted by molar-refractivity contribution is -0.129. The summed E-state index contributed by atoms with van der Waals surface area (Å²) < 4.78 is 11.8. The topological polar surface area (TPSA) is 38.8 Å². The van der Waals surface area contributed by atoms with Crippen molar-refractivity contribution in [3.8, 4) is 11.5 Å². The second-order valence-electron chi connectivity index (χ2n) is 8.17. The van der Waals surface area contributed by atoms with Gasteiger partial charge in [-0.25, -0.2) is 0 Å². The molecule has 0 unspecified atom stereocenters. The maximum atomic E-state index is 12.5. The number of rotatable bonds is 9. The van der Waals surface area contributed by atoms with Gasteiger partial charge in [0.15, 0.2) is 0 Å². The molecule has 3 rings (SSSR count). The standard InChI is InChI=1S/C27H31NO3/c1-20(2)31-26-14-21(3)13-25(17-26)30-19-24-12-8-11-23(15-24)18-28(4)27(29)16-22-9-6-5-7-10-22/h5-15,17,20H,16,18-19H2,1-4H3. The summed E-state index contributed by atoms with van der Waals surface area (Å²) in [4.78, 5) is 14.3. The van der Waals surface area contributed by atoms with Crippen LogP contribution < -0.4 is 9.47 Å². The summed E-state index contributed by atoms with van der Waals surface area (Å²) in [5.41, 5.74) is 4.27. The molecule has 0 fully saturated rings. The Labute approximate surface area is 185 Å². The normalized spacial score (nSPS) is 10.7. The van der Waals surface area contributed by atoms with Crippen molar-refractivity contribution in [1.29, 1.82) is 0 Å². The van der Waals surface area contributed by atoms with E-state index in [2.05, 4.69) is 6.07 Å². The molecule has 162 valence electrons. The molecular weight excluding hydrogens is 386 g/mol. The summed E-state index contributed by atoms with van der Waals surface area (Å²) in [6.45, 7) is 7.07. The van der Waals surface area contributed by atoms with Crippen LogP contribution in [0.2, 0.25) is 0 Å². The highest BCUT2D eigenvalue weighted by molar-refractivity contribution is 5.78. The highest BCUT2D eigenvalue weighted by Crippen LogP contribution is 2.24. The first-order valence-electron chi connectivity index (χ1n) is 10.7. The van der Waals surface area contributed by atoms with Gasteiger partial charge in [0, 0.05) is 19.7 Å². The Balaban J connectivity index is 1.59. The minimum Gasteiger partial charge on any atom is -0.491 e. The molecule has 0 saturated carbocycles. The predicted octanol–water partition coefficient (Wildman–Crippen LogP) is 5.56. The van der Waals surface area contributed by atoms with E-state index in [0.717, 1.165) is 33.8 Å². The highest BCUT2D eigenvalue weighted by atomic mass is 16.5. The Morgan fingerprint density at radius 2 is 1.55 bits per heavy atom. The van der Waals surface area contributed by atoms with Crippen molar-refractivity contribution >= 4 is 5.91 Å². The Bertz CT molecular complexity index is 998. The zero-order valence-electron chi connectivity index (χ0n) is 18.8. The first-order chi connectivity index (χ1) is 14.9. The first-order valence-corrected chi connectivity index (χ1v) is 10.7. The minimum atomic E-state index is 0.102. The van der Waals surface area contributed by atoms with Crippen LogP contribution in [0.3, 0.4) is 0 Å². The molecular formula is C27H31NO3. The zero-order valence-corrected chi connectivity index (χ0v) is 18.8. The Hall–Kier alpha value is -3.27. The number of hydrogen-bond donors (Lipinski definition) is 0. The van der Waals surface area contributed by atoms with Crippen molar-refractivity contribution in [1.82, 2.24) is 4.90 Å². The number of likely N-dealkylation sites (N-methyl/N-ethyl adjacent to an activating group) is 1. The molecule has 0 bridgehead atoms. The summed E-state index contributed by atoms with van der Waals surface area (Å²) in [7, 11) is 1.84. The average Bonchev–Trinajstić information content (AvgIpc) is 2.72. The Kier molecular flexibility index (Phi) is 7.71. The van der Waals surface area contributed by atoms with Crippen LogP contribution in [0, 0.1) is 6.92 Å². The molecule has 3 aromatic carbocycles. The van der Waals surface area contributed by atoms with E-state index in [0.29, 0.717) is 19.6 Å². The quantitative estimate of drug-likeness (QED) is 0.457. The maximum absolute atomic E-state index is 12.5. The summed E-state index contributed by atoms with van der Waals surface area (Å²) >= 11 is 0. The van der Waals surface area contributed by atoms with Gasteiger partial charge in [0.25, 0.3) is 0 Å². The fourth-order valence-corrected chi connectivity index (χ4v) is 3.39. The van der Waals surface area contributed by atoms with Gasteiger partial charge < -0.3 is 14.4 Å². The van der Waals surface area contributed by atoms with E-state index in [-0.39, 0.29) is 12.0 Å². The molecule has 1 amide bonds. The van der Waals surface area contributed by atoms with Crippen molar-refractivity contribution in [2.45, 2.75) is 46.4 Å². The molecule has 0 aliphatic rings. The van der Waals surface area contributed by atoms with Gasteiger partial charge in [-0.05, 0) is 55.2 Å². The number of carbonyl (C=O) groups excluding carboxylic acids is 1. The van der Waals surface area contributed by atoms with Gasteiger partial charge in [0.1, 0.15) is 18.1 Å². The lowest BCUT2D eigenvalue weighted by Gasteiger charge is -2.18. The predicted molar refractivity (Wildman–Crippen MR) is 124 cm³/mol. The molecule has 0 aliphatic heterocycles. The third-order valence-corrected chi connectivity index (χ3v) is 4.84. The van der Waals surface area contributed by atoms with Crippen LogP contribution in [0.1, 0.15) is 36.1 Å². The third kappa shape index (κ3) is 7.18. The summed E-state index contributed by atoms with van der Waals surface area (Å²) in [6.07, 6.45) is 0.529. The van der Waals surface area contributed by atoms with Gasteiger partial charge in [0.2, 0.25) is 5.91 Å². The van der Waals surface area contributed by atoms with Gasteiger partial charge in [-0.1, -0.05) is 54.6 Å². The molecule has 4 heteroatoms. The molecule has 4 nitrogen and oxygen atoms in total. The van der Waals surface area contributed by atoms with Gasteiger partial charge in [-0.3, -0.25) is 4.79 Å². The first kappa shape index (κ1) is 22.4. The molecule has 31 heavy (non-hydrogen) atoms. The lowest BCUT2D eigenvalue weighted by atomic mass is 10.1. The van der Waals surface area contributed by atoms with E-state index in [1.165, 1.54) is 0 Å².